The summed E-state index contributed by atoms with van der Waals surface area (Å²) in [7, 11) is 0. The van der Waals surface area contributed by atoms with Gasteiger partial charge in [-0.3, -0.25) is 0 Å². The van der Waals surface area contributed by atoms with E-state index in [9.17, 15) is 0 Å². The Morgan fingerprint density at radius 3 is 1.70 bits per heavy atom. The molecule has 6 aliphatic carbocycles. The summed E-state index contributed by atoms with van der Waals surface area (Å²) in [5, 5.41) is 1.34. The zero-order valence-corrected chi connectivity index (χ0v) is 7.21. The lowest BCUT2D eigenvalue weighted by Gasteiger charge is -3.08. The number of alkyl halides is 1. The van der Waals surface area contributed by atoms with E-state index < -0.39 is 0 Å². The molecular formula is C9H9Br. The van der Waals surface area contributed by atoms with E-state index in [1.165, 1.54) is 46.8 Å². The maximum atomic E-state index is 3.70. The molecule has 0 bridgehead atoms. The molecule has 0 aliphatic heterocycles. The first-order valence-electron chi connectivity index (χ1n) is 4.49. The third kappa shape index (κ3) is 0.144. The van der Waals surface area contributed by atoms with E-state index in [4.69, 9.17) is 0 Å². The van der Waals surface area contributed by atoms with Gasteiger partial charge in [0, 0.05) is 5.33 Å². The monoisotopic (exact) mass is 196 g/mol. The molecule has 0 saturated heterocycles. The Bertz CT molecular complexity index is 219. The van der Waals surface area contributed by atoms with Crippen molar-refractivity contribution in [2.75, 3.05) is 5.33 Å². The lowest BCUT2D eigenvalue weighted by molar-refractivity contribution is -0.607. The summed E-state index contributed by atoms with van der Waals surface area (Å²) in [6.07, 6.45) is 0. The van der Waals surface area contributed by atoms with Gasteiger partial charge >= 0.3 is 0 Å². The van der Waals surface area contributed by atoms with Crippen molar-refractivity contribution in [2.45, 2.75) is 0 Å². The summed E-state index contributed by atoms with van der Waals surface area (Å²) in [5.74, 6) is 8.86. The van der Waals surface area contributed by atoms with Crippen molar-refractivity contribution in [1.82, 2.24) is 0 Å². The second-order valence-corrected chi connectivity index (χ2v) is 5.69. The molecule has 0 heterocycles. The summed E-state index contributed by atoms with van der Waals surface area (Å²) < 4.78 is 0. The van der Waals surface area contributed by atoms with Crippen LogP contribution in [0.2, 0.25) is 0 Å². The van der Waals surface area contributed by atoms with Gasteiger partial charge < -0.3 is 0 Å². The van der Waals surface area contributed by atoms with Crippen LogP contribution in [-0.2, 0) is 0 Å². The number of hydrogen-bond acceptors (Lipinski definition) is 0. The second-order valence-electron chi connectivity index (χ2n) is 5.13. The third-order valence-corrected chi connectivity index (χ3v) is 6.89. The van der Waals surface area contributed by atoms with Gasteiger partial charge in [0.15, 0.2) is 0 Å². The molecule has 6 saturated carbocycles. The van der Waals surface area contributed by atoms with Crippen LogP contribution in [0.15, 0.2) is 0 Å². The Labute approximate surface area is 68.5 Å². The van der Waals surface area contributed by atoms with Crippen molar-refractivity contribution in [3.8, 4) is 0 Å². The Balaban J connectivity index is 1.79. The molecule has 0 N–H and O–H groups in total. The van der Waals surface area contributed by atoms with Gasteiger partial charge in [0.05, 0.1) is 0 Å². The lowest BCUT2D eigenvalue weighted by Crippen LogP contribution is -3.05. The molecule has 0 aromatic heterocycles. The Kier molecular flexibility index (Phi) is 0.378. The molecule has 6 fully saturated rings. The van der Waals surface area contributed by atoms with Crippen molar-refractivity contribution >= 4 is 15.9 Å². The first kappa shape index (κ1) is 4.49. The highest BCUT2D eigenvalue weighted by molar-refractivity contribution is 9.09. The summed E-state index contributed by atoms with van der Waals surface area (Å²) in [6, 6.07) is 0. The third-order valence-electron chi connectivity index (χ3n) is 5.91. The highest BCUT2D eigenvalue weighted by Crippen LogP contribution is 3.05. The van der Waals surface area contributed by atoms with Crippen LogP contribution in [0.1, 0.15) is 0 Å². The molecular weight excluding hydrogens is 188 g/mol. The van der Waals surface area contributed by atoms with Gasteiger partial charge in [-0.05, 0) is 46.8 Å². The van der Waals surface area contributed by atoms with Crippen molar-refractivity contribution in [2.24, 2.45) is 46.8 Å². The summed E-state index contributed by atoms with van der Waals surface area (Å²) >= 11 is 3.70. The van der Waals surface area contributed by atoms with Crippen molar-refractivity contribution in [1.29, 1.82) is 0 Å². The van der Waals surface area contributed by atoms with E-state index in [0.717, 1.165) is 5.41 Å². The van der Waals surface area contributed by atoms with Gasteiger partial charge in [-0.15, -0.1) is 0 Å². The highest BCUT2D eigenvalue weighted by atomic mass is 79.9. The van der Waals surface area contributed by atoms with E-state index in [-0.39, 0.29) is 0 Å². The Morgan fingerprint density at radius 2 is 1.40 bits per heavy atom. The fraction of sp³-hybridized carbons (Fsp3) is 1.00. The van der Waals surface area contributed by atoms with Crippen LogP contribution in [0.4, 0.5) is 0 Å². The zero-order valence-electron chi connectivity index (χ0n) is 5.63. The van der Waals surface area contributed by atoms with Gasteiger partial charge in [0.25, 0.3) is 0 Å². The maximum absolute atomic E-state index is 3.70. The predicted octanol–water partition coefficient (Wildman–Crippen LogP) is 1.75. The summed E-state index contributed by atoms with van der Waals surface area (Å²) in [5.41, 5.74) is 0.925. The molecule has 0 unspecified atom stereocenters. The predicted molar refractivity (Wildman–Crippen MR) is 40.7 cm³/mol. The second kappa shape index (κ2) is 0.840. The average molecular weight is 197 g/mol. The first-order chi connectivity index (χ1) is 4.93. The van der Waals surface area contributed by atoms with Gasteiger partial charge in [0.1, 0.15) is 0 Å². The molecule has 6 aliphatic rings. The molecule has 0 aromatic rings. The van der Waals surface area contributed by atoms with Crippen molar-refractivity contribution in [3.63, 3.8) is 0 Å². The van der Waals surface area contributed by atoms with E-state index in [0.29, 0.717) is 0 Å². The molecule has 10 heavy (non-hydrogen) atoms. The van der Waals surface area contributed by atoms with E-state index in [1.54, 1.807) is 0 Å². The fourth-order valence-corrected chi connectivity index (χ4v) is 7.06. The smallest absolute Gasteiger partial charge is 0.00965 e. The molecule has 0 atom stereocenters. The maximum Gasteiger partial charge on any atom is 0.00965 e. The summed E-state index contributed by atoms with van der Waals surface area (Å²) in [4.78, 5) is 0. The van der Waals surface area contributed by atoms with E-state index >= 15 is 0 Å². The molecule has 1 heteroatoms. The van der Waals surface area contributed by atoms with Crippen LogP contribution in [0.25, 0.3) is 0 Å². The molecule has 52 valence electrons. The van der Waals surface area contributed by atoms with Crippen LogP contribution in [-0.4, -0.2) is 5.33 Å². The first-order valence-corrected chi connectivity index (χ1v) is 5.61. The molecule has 0 radical (unpaired) electrons. The molecule has 0 amide bonds. The number of halogens is 1. The number of rotatable bonds is 1. The van der Waals surface area contributed by atoms with Gasteiger partial charge in [-0.1, -0.05) is 15.9 Å². The molecule has 0 spiro atoms. The quantitative estimate of drug-likeness (QED) is 0.562. The van der Waals surface area contributed by atoms with E-state index in [2.05, 4.69) is 15.9 Å². The van der Waals surface area contributed by atoms with Gasteiger partial charge in [0.2, 0.25) is 0 Å². The van der Waals surface area contributed by atoms with Crippen LogP contribution >= 0.6 is 15.9 Å². The Hall–Kier alpha value is 0.480. The highest BCUT2D eigenvalue weighted by Gasteiger charge is 3.03. The standard InChI is InChI=1S/C9H9Br/c10-1-9-6-3-2-4(6)8(9)5(2)7(3)9/h2-8H,1H2. The normalized spacial score (nSPS) is 96.3. The van der Waals surface area contributed by atoms with E-state index in [1.807, 2.05) is 0 Å². The zero-order chi connectivity index (χ0) is 6.25. The van der Waals surface area contributed by atoms with Crippen molar-refractivity contribution < 1.29 is 0 Å². The molecule has 0 nitrogen and oxygen atoms in total. The fourth-order valence-electron chi connectivity index (χ4n) is 5.94. The average Bonchev–Trinajstić information content (AvgIpc) is 2.05. The van der Waals surface area contributed by atoms with Crippen LogP contribution in [0, 0.1) is 46.8 Å². The van der Waals surface area contributed by atoms with Crippen LogP contribution in [0.5, 0.6) is 0 Å². The van der Waals surface area contributed by atoms with Gasteiger partial charge in [-0.25, -0.2) is 0 Å². The van der Waals surface area contributed by atoms with Gasteiger partial charge in [-0.2, -0.15) is 0 Å². The molecule has 0 aromatic carbocycles. The van der Waals surface area contributed by atoms with Crippen LogP contribution in [0.3, 0.4) is 0 Å². The molecule has 6 rings (SSSR count). The minimum atomic E-state index is 0.925. The minimum absolute atomic E-state index is 0.925. The van der Waals surface area contributed by atoms with Crippen LogP contribution < -0.4 is 0 Å². The Morgan fingerprint density at radius 1 is 0.900 bits per heavy atom. The van der Waals surface area contributed by atoms with Crippen molar-refractivity contribution in [3.05, 3.63) is 0 Å². The summed E-state index contributed by atoms with van der Waals surface area (Å²) in [6.45, 7) is 0. The lowest BCUT2D eigenvalue weighted by atomic mass is 8.97. The topological polar surface area (TPSA) is 0 Å². The number of hydrogen-bond donors (Lipinski definition) is 0. The SMILES string of the molecule is BrCC12C3C4C5C3C1C5C42. The minimum Gasteiger partial charge on any atom is -0.0922 e. The largest absolute Gasteiger partial charge is 0.0922 e.